The number of nitrogens with zero attached hydrogens (tertiary/aromatic N) is 5. The van der Waals surface area contributed by atoms with E-state index >= 15 is 0 Å². The molecule has 0 bridgehead atoms. The highest BCUT2D eigenvalue weighted by Gasteiger charge is 2.13. The molecule has 0 atom stereocenters. The van der Waals surface area contributed by atoms with E-state index in [1.807, 2.05) is 19.1 Å². The molecule has 32 heavy (non-hydrogen) atoms. The lowest BCUT2D eigenvalue weighted by Gasteiger charge is -2.13. The zero-order chi connectivity index (χ0) is 22.5. The van der Waals surface area contributed by atoms with Crippen LogP contribution in [0.3, 0.4) is 0 Å². The number of aromatic nitrogens is 5. The fraction of sp³-hybridized carbons (Fsp3) is 0.190. The fourth-order valence-corrected chi connectivity index (χ4v) is 2.87. The summed E-state index contributed by atoms with van der Waals surface area (Å²) >= 11 is 0. The first-order chi connectivity index (χ1) is 15.5. The maximum absolute atomic E-state index is 11.8. The minimum absolute atomic E-state index is 0.147. The van der Waals surface area contributed by atoms with Crippen molar-refractivity contribution in [1.29, 1.82) is 0 Å². The second-order valence-electron chi connectivity index (χ2n) is 6.92. The summed E-state index contributed by atoms with van der Waals surface area (Å²) in [6.45, 7) is 2.12. The van der Waals surface area contributed by atoms with E-state index in [0.29, 0.717) is 34.9 Å². The van der Waals surface area contributed by atoms with Crippen LogP contribution in [0.15, 0.2) is 53.2 Å². The summed E-state index contributed by atoms with van der Waals surface area (Å²) in [4.78, 5) is 22.2. The molecule has 164 valence electrons. The Labute approximate surface area is 183 Å². The van der Waals surface area contributed by atoms with E-state index < -0.39 is 0 Å². The van der Waals surface area contributed by atoms with E-state index in [0.717, 1.165) is 11.3 Å². The zero-order valence-electron chi connectivity index (χ0n) is 17.8. The number of hydrogen-bond acceptors (Lipinski definition) is 9. The molecule has 3 N–H and O–H groups in total. The third-order valence-electron chi connectivity index (χ3n) is 4.51. The molecule has 11 heteroatoms. The van der Waals surface area contributed by atoms with Gasteiger partial charge in [0.25, 0.3) is 5.91 Å². The predicted octanol–water partition coefficient (Wildman–Crippen LogP) is 2.95. The second kappa shape index (κ2) is 9.16. The lowest BCUT2D eigenvalue weighted by molar-refractivity contribution is 0.0963. The number of ether oxygens (including phenoxy) is 1. The van der Waals surface area contributed by atoms with E-state index in [9.17, 15) is 4.79 Å². The van der Waals surface area contributed by atoms with Gasteiger partial charge in [-0.05, 0) is 30.7 Å². The first-order valence-corrected chi connectivity index (χ1v) is 9.78. The molecule has 0 fully saturated rings. The van der Waals surface area contributed by atoms with E-state index in [-0.39, 0.29) is 12.5 Å². The monoisotopic (exact) mass is 434 g/mol. The normalized spacial score (nSPS) is 10.6. The van der Waals surface area contributed by atoms with Crippen molar-refractivity contribution in [3.05, 3.63) is 65.5 Å². The van der Waals surface area contributed by atoms with Gasteiger partial charge in [0.1, 0.15) is 18.2 Å². The van der Waals surface area contributed by atoms with Gasteiger partial charge >= 0.3 is 0 Å². The minimum atomic E-state index is -0.147. The molecule has 4 aromatic rings. The van der Waals surface area contributed by atoms with Gasteiger partial charge in [0.05, 0.1) is 5.69 Å². The van der Waals surface area contributed by atoms with Crippen molar-refractivity contribution in [1.82, 2.24) is 30.6 Å². The maximum atomic E-state index is 11.8. The SMILES string of the molecule is CNC(=O)c1cccc(COc2cc(Nc3ccnc(N(C)c4cc(C)no4)n3)[nH]n2)c1. The Balaban J connectivity index is 1.39. The summed E-state index contributed by atoms with van der Waals surface area (Å²) in [6, 6.07) is 12.5. The third kappa shape index (κ3) is 4.83. The topological polar surface area (TPSA) is 134 Å². The van der Waals surface area contributed by atoms with Gasteiger partial charge in [-0.25, -0.2) is 4.98 Å². The smallest absolute Gasteiger partial charge is 0.251 e. The zero-order valence-corrected chi connectivity index (χ0v) is 17.8. The van der Waals surface area contributed by atoms with Crippen molar-refractivity contribution in [2.75, 3.05) is 24.3 Å². The number of aromatic amines is 1. The largest absolute Gasteiger partial charge is 0.472 e. The van der Waals surface area contributed by atoms with Crippen molar-refractivity contribution in [3.8, 4) is 5.88 Å². The van der Waals surface area contributed by atoms with Crippen LogP contribution in [-0.2, 0) is 6.61 Å². The summed E-state index contributed by atoms with van der Waals surface area (Å²) in [6.07, 6.45) is 1.64. The highest BCUT2D eigenvalue weighted by atomic mass is 16.5. The minimum Gasteiger partial charge on any atom is -0.472 e. The molecule has 0 saturated carbocycles. The average molecular weight is 434 g/mol. The molecular weight excluding hydrogens is 412 g/mol. The number of carbonyl (C=O) groups excluding carboxylic acids is 1. The average Bonchev–Trinajstić information content (AvgIpc) is 3.45. The summed E-state index contributed by atoms with van der Waals surface area (Å²) in [7, 11) is 3.39. The molecule has 0 aliphatic rings. The quantitative estimate of drug-likeness (QED) is 0.382. The van der Waals surface area contributed by atoms with Crippen LogP contribution in [0.2, 0.25) is 0 Å². The van der Waals surface area contributed by atoms with Gasteiger partial charge in [-0.2, -0.15) is 4.98 Å². The molecule has 3 heterocycles. The van der Waals surface area contributed by atoms with Gasteiger partial charge in [-0.1, -0.05) is 17.3 Å². The number of anilines is 4. The molecule has 0 unspecified atom stereocenters. The van der Waals surface area contributed by atoms with Crippen LogP contribution in [0, 0.1) is 6.92 Å². The Kier molecular flexibility index (Phi) is 5.97. The summed E-state index contributed by atoms with van der Waals surface area (Å²) < 4.78 is 11.0. The number of aryl methyl sites for hydroxylation is 1. The molecule has 4 rings (SSSR count). The molecule has 0 saturated heterocycles. The molecule has 0 aliphatic heterocycles. The van der Waals surface area contributed by atoms with Crippen LogP contribution < -0.4 is 20.3 Å². The van der Waals surface area contributed by atoms with Crippen molar-refractivity contribution in [2.45, 2.75) is 13.5 Å². The number of nitrogens with one attached hydrogen (secondary N) is 3. The number of amides is 1. The fourth-order valence-electron chi connectivity index (χ4n) is 2.87. The number of rotatable bonds is 8. The maximum Gasteiger partial charge on any atom is 0.251 e. The van der Waals surface area contributed by atoms with Crippen molar-refractivity contribution < 1.29 is 14.1 Å². The summed E-state index contributed by atoms with van der Waals surface area (Å²) in [5, 5.41) is 16.6. The molecule has 0 aliphatic carbocycles. The van der Waals surface area contributed by atoms with Crippen LogP contribution in [0.25, 0.3) is 0 Å². The molecule has 0 spiro atoms. The Morgan fingerprint density at radius 1 is 1.25 bits per heavy atom. The summed E-state index contributed by atoms with van der Waals surface area (Å²) in [5.74, 6) is 2.40. The molecular formula is C21H22N8O3. The van der Waals surface area contributed by atoms with Crippen LogP contribution in [-0.4, -0.2) is 45.3 Å². The van der Waals surface area contributed by atoms with E-state index in [1.165, 1.54) is 0 Å². The first-order valence-electron chi connectivity index (χ1n) is 9.78. The van der Waals surface area contributed by atoms with Crippen LogP contribution >= 0.6 is 0 Å². The highest BCUT2D eigenvalue weighted by Crippen LogP contribution is 2.23. The second-order valence-corrected chi connectivity index (χ2v) is 6.92. The standard InChI is InChI=1S/C21H22N8O3/c1-13-9-19(32-28-13)29(3)21-23-8-7-16(25-21)24-17-11-18(27-26-17)31-12-14-5-4-6-15(10-14)20(30)22-2/h4-11H,12H2,1-3H3,(H,22,30)(H2,23,24,25,26,27). The van der Waals surface area contributed by atoms with Gasteiger partial charge in [0.15, 0.2) is 0 Å². The Hall–Kier alpha value is -4.41. The molecule has 0 radical (unpaired) electrons. The van der Waals surface area contributed by atoms with Gasteiger partial charge in [-0.3, -0.25) is 14.8 Å². The molecule has 3 aromatic heterocycles. The number of hydrogen-bond donors (Lipinski definition) is 3. The first kappa shape index (κ1) is 20.8. The molecule has 11 nitrogen and oxygen atoms in total. The van der Waals surface area contributed by atoms with E-state index in [1.54, 1.807) is 55.5 Å². The van der Waals surface area contributed by atoms with Gasteiger partial charge < -0.3 is 19.9 Å². The van der Waals surface area contributed by atoms with Gasteiger partial charge in [0, 0.05) is 38.0 Å². The van der Waals surface area contributed by atoms with E-state index in [4.69, 9.17) is 9.26 Å². The third-order valence-corrected chi connectivity index (χ3v) is 4.51. The van der Waals surface area contributed by atoms with Gasteiger partial charge in [0.2, 0.25) is 17.7 Å². The van der Waals surface area contributed by atoms with Crippen LogP contribution in [0.4, 0.5) is 23.5 Å². The van der Waals surface area contributed by atoms with Crippen molar-refractivity contribution in [2.24, 2.45) is 0 Å². The summed E-state index contributed by atoms with van der Waals surface area (Å²) in [5.41, 5.74) is 2.20. The predicted molar refractivity (Wildman–Crippen MR) is 117 cm³/mol. The number of carbonyl (C=O) groups is 1. The van der Waals surface area contributed by atoms with Crippen molar-refractivity contribution in [3.63, 3.8) is 0 Å². The van der Waals surface area contributed by atoms with Crippen LogP contribution in [0.5, 0.6) is 5.88 Å². The molecule has 1 amide bonds. The number of benzene rings is 1. The van der Waals surface area contributed by atoms with Gasteiger partial charge in [-0.15, -0.1) is 5.10 Å². The molecule has 1 aromatic carbocycles. The van der Waals surface area contributed by atoms with Crippen molar-refractivity contribution >= 4 is 29.4 Å². The number of H-pyrrole nitrogens is 1. The van der Waals surface area contributed by atoms with Crippen LogP contribution in [0.1, 0.15) is 21.6 Å². The Morgan fingerprint density at radius 2 is 2.12 bits per heavy atom. The highest BCUT2D eigenvalue weighted by molar-refractivity contribution is 5.94. The lowest BCUT2D eigenvalue weighted by atomic mass is 10.1. The lowest BCUT2D eigenvalue weighted by Crippen LogP contribution is -2.17. The van der Waals surface area contributed by atoms with E-state index in [2.05, 4.69) is 36.0 Å². The Bertz CT molecular complexity index is 1220. The Morgan fingerprint density at radius 3 is 2.91 bits per heavy atom.